The van der Waals surface area contributed by atoms with E-state index in [-0.39, 0.29) is 6.61 Å². The summed E-state index contributed by atoms with van der Waals surface area (Å²) < 4.78 is 0. The predicted molar refractivity (Wildman–Crippen MR) is 45.8 cm³/mol. The van der Waals surface area contributed by atoms with Crippen LogP contribution in [0.5, 0.6) is 0 Å². The molecule has 1 aliphatic heterocycles. The maximum absolute atomic E-state index is 10.4. The number of aliphatic hydroxyl groups excluding tert-OH is 1. The zero-order valence-electron chi connectivity index (χ0n) is 7.28. The van der Waals surface area contributed by atoms with Crippen LogP contribution in [0.2, 0.25) is 0 Å². The molecule has 1 heterocycles. The maximum Gasteiger partial charge on any atom is 0.209 e. The van der Waals surface area contributed by atoms with E-state index in [4.69, 9.17) is 5.11 Å². The highest BCUT2D eigenvalue weighted by Crippen LogP contribution is 1.99. The highest BCUT2D eigenvalue weighted by atomic mass is 16.3. The van der Waals surface area contributed by atoms with Gasteiger partial charge in [-0.3, -0.25) is 9.69 Å². The van der Waals surface area contributed by atoms with E-state index >= 15 is 0 Å². The largest absolute Gasteiger partial charge is 0.395 e. The molecule has 12 heavy (non-hydrogen) atoms. The summed E-state index contributed by atoms with van der Waals surface area (Å²) in [6.07, 6.45) is 1.92. The first-order chi connectivity index (χ1) is 5.86. The maximum atomic E-state index is 10.4. The Morgan fingerprint density at radius 3 is 2.75 bits per heavy atom. The minimum absolute atomic E-state index is 0.209. The molecule has 0 radical (unpaired) electrons. The molecule has 1 rings (SSSR count). The van der Waals surface area contributed by atoms with Crippen LogP contribution in [0.15, 0.2) is 0 Å². The van der Waals surface area contributed by atoms with Gasteiger partial charge in [-0.1, -0.05) is 0 Å². The van der Waals surface area contributed by atoms with Gasteiger partial charge < -0.3 is 10.0 Å². The van der Waals surface area contributed by atoms with Crippen molar-refractivity contribution < 1.29 is 9.90 Å². The monoisotopic (exact) mass is 172 g/mol. The Morgan fingerprint density at radius 2 is 2.08 bits per heavy atom. The van der Waals surface area contributed by atoms with E-state index in [0.717, 1.165) is 45.6 Å². The Labute approximate surface area is 72.8 Å². The molecule has 1 N–H and O–H groups in total. The molecule has 0 aromatic rings. The Kier molecular flexibility index (Phi) is 4.04. The molecule has 0 aromatic heterocycles. The number of β-amino-alcohol motifs (C(OH)–C–C–N with tert-alkyl or cyclic N) is 1. The van der Waals surface area contributed by atoms with Crippen LogP contribution in [0.3, 0.4) is 0 Å². The molecule has 0 aromatic carbocycles. The first-order valence-corrected chi connectivity index (χ1v) is 4.39. The third-order valence-electron chi connectivity index (χ3n) is 2.19. The zero-order valence-corrected chi connectivity index (χ0v) is 7.28. The van der Waals surface area contributed by atoms with Gasteiger partial charge in [0.25, 0.3) is 0 Å². The number of nitrogens with zero attached hydrogens (tertiary/aromatic N) is 2. The van der Waals surface area contributed by atoms with E-state index in [2.05, 4.69) is 4.90 Å². The van der Waals surface area contributed by atoms with Gasteiger partial charge in [-0.25, -0.2) is 0 Å². The van der Waals surface area contributed by atoms with Crippen molar-refractivity contribution in [1.29, 1.82) is 0 Å². The molecule has 0 bridgehead atoms. The van der Waals surface area contributed by atoms with Crippen LogP contribution in [-0.2, 0) is 4.79 Å². The van der Waals surface area contributed by atoms with Gasteiger partial charge in [-0.2, -0.15) is 0 Å². The summed E-state index contributed by atoms with van der Waals surface area (Å²) in [6, 6.07) is 0. The quantitative estimate of drug-likeness (QED) is 0.564. The van der Waals surface area contributed by atoms with Crippen molar-refractivity contribution >= 4 is 6.41 Å². The van der Waals surface area contributed by atoms with Crippen LogP contribution in [0.4, 0.5) is 0 Å². The summed E-state index contributed by atoms with van der Waals surface area (Å²) in [6.45, 7) is 4.47. The number of amides is 1. The van der Waals surface area contributed by atoms with Crippen LogP contribution in [-0.4, -0.2) is 60.6 Å². The van der Waals surface area contributed by atoms with E-state index in [0.29, 0.717) is 0 Å². The Morgan fingerprint density at radius 1 is 1.25 bits per heavy atom. The lowest BCUT2D eigenvalue weighted by Crippen LogP contribution is -2.31. The average Bonchev–Trinajstić information content (AvgIpc) is 2.31. The fourth-order valence-corrected chi connectivity index (χ4v) is 1.46. The highest BCUT2D eigenvalue weighted by Gasteiger charge is 2.11. The highest BCUT2D eigenvalue weighted by molar-refractivity contribution is 5.46. The topological polar surface area (TPSA) is 43.8 Å². The van der Waals surface area contributed by atoms with Gasteiger partial charge in [-0.15, -0.1) is 0 Å². The third-order valence-corrected chi connectivity index (χ3v) is 2.19. The molecule has 70 valence electrons. The second-order valence-corrected chi connectivity index (χ2v) is 3.06. The summed E-state index contributed by atoms with van der Waals surface area (Å²) in [4.78, 5) is 14.4. The van der Waals surface area contributed by atoms with Crippen molar-refractivity contribution in [2.45, 2.75) is 6.42 Å². The van der Waals surface area contributed by atoms with Crippen LogP contribution in [0.25, 0.3) is 0 Å². The lowest BCUT2D eigenvalue weighted by Gasteiger charge is -2.18. The fraction of sp³-hybridized carbons (Fsp3) is 0.875. The van der Waals surface area contributed by atoms with E-state index in [9.17, 15) is 4.79 Å². The number of rotatable bonds is 3. The molecule has 1 saturated heterocycles. The van der Waals surface area contributed by atoms with E-state index < -0.39 is 0 Å². The number of carbonyl (C=O) groups excluding carboxylic acids is 1. The van der Waals surface area contributed by atoms with Gasteiger partial charge in [0.2, 0.25) is 6.41 Å². The molecule has 0 saturated carbocycles. The zero-order chi connectivity index (χ0) is 8.81. The van der Waals surface area contributed by atoms with Crippen LogP contribution >= 0.6 is 0 Å². The minimum Gasteiger partial charge on any atom is -0.395 e. The fourth-order valence-electron chi connectivity index (χ4n) is 1.46. The van der Waals surface area contributed by atoms with Gasteiger partial charge in [0.15, 0.2) is 0 Å². The molecule has 1 amide bonds. The normalized spacial score (nSPS) is 20.6. The lowest BCUT2D eigenvalue weighted by atomic mass is 10.4. The van der Waals surface area contributed by atoms with Crippen molar-refractivity contribution in [2.75, 3.05) is 39.3 Å². The summed E-state index contributed by atoms with van der Waals surface area (Å²) in [5.41, 5.74) is 0. The lowest BCUT2D eigenvalue weighted by molar-refractivity contribution is -0.118. The third kappa shape index (κ3) is 2.79. The van der Waals surface area contributed by atoms with Crippen molar-refractivity contribution in [1.82, 2.24) is 9.80 Å². The Bertz CT molecular complexity index is 141. The van der Waals surface area contributed by atoms with Gasteiger partial charge in [0.05, 0.1) is 6.61 Å². The number of carbonyl (C=O) groups is 1. The van der Waals surface area contributed by atoms with Crippen molar-refractivity contribution in [3.63, 3.8) is 0 Å². The molecule has 0 atom stereocenters. The molecule has 0 spiro atoms. The van der Waals surface area contributed by atoms with Gasteiger partial charge in [0, 0.05) is 26.2 Å². The first kappa shape index (κ1) is 9.48. The predicted octanol–water partition coefficient (Wildman–Crippen LogP) is -0.857. The van der Waals surface area contributed by atoms with Crippen molar-refractivity contribution in [3.05, 3.63) is 0 Å². The van der Waals surface area contributed by atoms with Crippen molar-refractivity contribution in [3.8, 4) is 0 Å². The minimum atomic E-state index is 0.209. The van der Waals surface area contributed by atoms with Crippen LogP contribution in [0.1, 0.15) is 6.42 Å². The summed E-state index contributed by atoms with van der Waals surface area (Å²) >= 11 is 0. The first-order valence-electron chi connectivity index (χ1n) is 4.39. The van der Waals surface area contributed by atoms with E-state index in [1.54, 1.807) is 4.90 Å². The Hall–Kier alpha value is -0.610. The molecule has 1 aliphatic rings. The van der Waals surface area contributed by atoms with Crippen LogP contribution < -0.4 is 0 Å². The number of hydrogen-bond donors (Lipinski definition) is 1. The second kappa shape index (κ2) is 5.11. The molecule has 4 heteroatoms. The second-order valence-electron chi connectivity index (χ2n) is 3.06. The summed E-state index contributed by atoms with van der Waals surface area (Å²) in [5, 5.41) is 8.71. The van der Waals surface area contributed by atoms with Gasteiger partial charge in [-0.05, 0) is 13.0 Å². The summed E-state index contributed by atoms with van der Waals surface area (Å²) in [5.74, 6) is 0. The smallest absolute Gasteiger partial charge is 0.209 e. The van der Waals surface area contributed by atoms with Crippen molar-refractivity contribution in [2.24, 2.45) is 0 Å². The van der Waals surface area contributed by atoms with Crippen LogP contribution in [0, 0.1) is 0 Å². The molecule has 1 fully saturated rings. The molecular weight excluding hydrogens is 156 g/mol. The molecule has 0 aliphatic carbocycles. The summed E-state index contributed by atoms with van der Waals surface area (Å²) in [7, 11) is 0. The number of hydrogen-bond acceptors (Lipinski definition) is 3. The molecule has 0 unspecified atom stereocenters. The SMILES string of the molecule is O=CN1CCCN(CCO)CC1. The number of aliphatic hydroxyl groups is 1. The Balaban J connectivity index is 2.28. The average molecular weight is 172 g/mol. The molecular formula is C8H16N2O2. The van der Waals surface area contributed by atoms with Gasteiger partial charge >= 0.3 is 0 Å². The van der Waals surface area contributed by atoms with E-state index in [1.807, 2.05) is 0 Å². The molecule has 4 nitrogen and oxygen atoms in total. The van der Waals surface area contributed by atoms with E-state index in [1.165, 1.54) is 0 Å². The standard InChI is InChI=1S/C8H16N2O2/c11-7-6-9-2-1-3-10(8-12)5-4-9/h8,11H,1-7H2. The van der Waals surface area contributed by atoms with Gasteiger partial charge in [0.1, 0.15) is 0 Å².